The fourth-order valence-corrected chi connectivity index (χ4v) is 2.70. The molecule has 4 heteroatoms. The van der Waals surface area contributed by atoms with Crippen LogP contribution in [0.4, 0.5) is 0 Å². The summed E-state index contributed by atoms with van der Waals surface area (Å²) >= 11 is 0. The van der Waals surface area contributed by atoms with E-state index in [4.69, 9.17) is 4.74 Å². The summed E-state index contributed by atoms with van der Waals surface area (Å²) in [7, 11) is 0. The summed E-state index contributed by atoms with van der Waals surface area (Å²) in [5, 5.41) is 9.36. The van der Waals surface area contributed by atoms with Crippen LogP contribution in [-0.4, -0.2) is 21.7 Å². The average Bonchev–Trinajstić information content (AvgIpc) is 2.69. The van der Waals surface area contributed by atoms with Crippen LogP contribution in [0.25, 0.3) is 22.5 Å². The van der Waals surface area contributed by atoms with Crippen molar-refractivity contribution in [3.63, 3.8) is 0 Å². The lowest BCUT2D eigenvalue weighted by atomic mass is 10.1. The lowest BCUT2D eigenvalue weighted by Gasteiger charge is -2.07. The lowest BCUT2D eigenvalue weighted by Crippen LogP contribution is -1.97. The van der Waals surface area contributed by atoms with Crippen LogP contribution in [-0.2, 0) is 0 Å². The summed E-state index contributed by atoms with van der Waals surface area (Å²) in [6.07, 6.45) is 8.46. The van der Waals surface area contributed by atoms with E-state index in [1.165, 1.54) is 19.3 Å². The highest BCUT2D eigenvalue weighted by atomic mass is 16.5. The van der Waals surface area contributed by atoms with Crippen LogP contribution >= 0.6 is 0 Å². The first kappa shape index (κ1) is 17.9. The van der Waals surface area contributed by atoms with Gasteiger partial charge in [-0.1, -0.05) is 38.3 Å². The Bertz CT molecular complexity index is 797. The van der Waals surface area contributed by atoms with Gasteiger partial charge in [-0.2, -0.15) is 0 Å². The molecule has 0 aliphatic rings. The van der Waals surface area contributed by atoms with Crippen LogP contribution in [0.2, 0.25) is 0 Å². The molecule has 0 spiro atoms. The summed E-state index contributed by atoms with van der Waals surface area (Å²) in [5.74, 6) is 1.77. The average molecular weight is 348 g/mol. The van der Waals surface area contributed by atoms with Crippen LogP contribution in [0.15, 0.2) is 60.9 Å². The van der Waals surface area contributed by atoms with E-state index >= 15 is 0 Å². The highest BCUT2D eigenvalue weighted by Crippen LogP contribution is 2.24. The van der Waals surface area contributed by atoms with Gasteiger partial charge in [-0.25, -0.2) is 9.97 Å². The largest absolute Gasteiger partial charge is 0.508 e. The van der Waals surface area contributed by atoms with E-state index in [1.807, 2.05) is 36.7 Å². The molecule has 0 bridgehead atoms. The maximum absolute atomic E-state index is 9.36. The van der Waals surface area contributed by atoms with Crippen molar-refractivity contribution in [3.8, 4) is 34.0 Å². The molecule has 26 heavy (non-hydrogen) atoms. The first-order valence-corrected chi connectivity index (χ1v) is 9.11. The highest BCUT2D eigenvalue weighted by molar-refractivity contribution is 5.64. The van der Waals surface area contributed by atoms with Gasteiger partial charge in [0.2, 0.25) is 0 Å². The first-order chi connectivity index (χ1) is 12.8. The van der Waals surface area contributed by atoms with Gasteiger partial charge in [0.05, 0.1) is 6.61 Å². The third-order valence-corrected chi connectivity index (χ3v) is 4.23. The normalized spacial score (nSPS) is 10.7. The smallest absolute Gasteiger partial charge is 0.159 e. The fourth-order valence-electron chi connectivity index (χ4n) is 2.70. The van der Waals surface area contributed by atoms with Gasteiger partial charge in [-0.15, -0.1) is 0 Å². The molecular formula is C22H24N2O2. The number of phenols is 1. The molecule has 0 saturated heterocycles. The number of hydrogen-bond donors (Lipinski definition) is 1. The number of unbranched alkanes of at least 4 members (excludes halogenated alkanes) is 3. The predicted molar refractivity (Wildman–Crippen MR) is 104 cm³/mol. The van der Waals surface area contributed by atoms with Gasteiger partial charge in [0, 0.05) is 23.5 Å². The molecule has 0 saturated carbocycles. The molecule has 3 aromatic rings. The van der Waals surface area contributed by atoms with E-state index in [-0.39, 0.29) is 5.75 Å². The van der Waals surface area contributed by atoms with Crippen LogP contribution in [0.3, 0.4) is 0 Å². The van der Waals surface area contributed by atoms with Gasteiger partial charge in [0.25, 0.3) is 0 Å². The number of phenolic OH excluding ortho intramolecular Hbond substituents is 1. The molecule has 0 atom stereocenters. The molecule has 0 amide bonds. The highest BCUT2D eigenvalue weighted by Gasteiger charge is 2.04. The van der Waals surface area contributed by atoms with Crippen molar-refractivity contribution in [3.05, 3.63) is 60.9 Å². The van der Waals surface area contributed by atoms with E-state index in [0.717, 1.165) is 35.5 Å². The van der Waals surface area contributed by atoms with Crippen LogP contribution < -0.4 is 4.74 Å². The number of nitrogens with zero attached hydrogens (tertiary/aromatic N) is 2. The molecule has 1 aromatic heterocycles. The van der Waals surface area contributed by atoms with Crippen molar-refractivity contribution in [2.75, 3.05) is 6.61 Å². The zero-order valence-corrected chi connectivity index (χ0v) is 15.1. The quantitative estimate of drug-likeness (QED) is 0.548. The second-order valence-electron chi connectivity index (χ2n) is 6.28. The maximum Gasteiger partial charge on any atom is 0.159 e. The van der Waals surface area contributed by atoms with Crippen LogP contribution in [0, 0.1) is 0 Å². The van der Waals surface area contributed by atoms with Crippen molar-refractivity contribution in [2.24, 2.45) is 0 Å². The van der Waals surface area contributed by atoms with Crippen molar-refractivity contribution >= 4 is 0 Å². The fraction of sp³-hybridized carbons (Fsp3) is 0.273. The van der Waals surface area contributed by atoms with Crippen LogP contribution in [0.5, 0.6) is 11.5 Å². The third-order valence-electron chi connectivity index (χ3n) is 4.23. The predicted octanol–water partition coefficient (Wildman–Crippen LogP) is 5.48. The Kier molecular flexibility index (Phi) is 6.20. The molecule has 0 radical (unpaired) electrons. The molecule has 4 nitrogen and oxygen atoms in total. The van der Waals surface area contributed by atoms with Crippen molar-refractivity contribution in [1.82, 2.24) is 9.97 Å². The SMILES string of the molecule is CCCCCCOc1ccc(-c2cnc(-c3ccc(O)cc3)nc2)cc1. The summed E-state index contributed by atoms with van der Waals surface area (Å²) in [6, 6.07) is 14.9. The maximum atomic E-state index is 9.36. The van der Waals surface area contributed by atoms with E-state index in [0.29, 0.717) is 5.82 Å². The zero-order chi connectivity index (χ0) is 18.2. The molecule has 3 rings (SSSR count). The number of aromatic hydroxyl groups is 1. The lowest BCUT2D eigenvalue weighted by molar-refractivity contribution is 0.305. The second-order valence-corrected chi connectivity index (χ2v) is 6.28. The molecule has 0 fully saturated rings. The van der Waals surface area contributed by atoms with Gasteiger partial charge in [0.1, 0.15) is 11.5 Å². The number of rotatable bonds is 8. The van der Waals surface area contributed by atoms with E-state index < -0.39 is 0 Å². The number of benzene rings is 2. The standard InChI is InChI=1S/C22H24N2O2/c1-2-3-4-5-14-26-21-12-8-17(9-13-21)19-15-23-22(24-16-19)18-6-10-20(25)11-7-18/h6-13,15-16,25H,2-5,14H2,1H3. The Hall–Kier alpha value is -2.88. The van der Waals surface area contributed by atoms with Crippen molar-refractivity contribution in [1.29, 1.82) is 0 Å². The van der Waals surface area contributed by atoms with Gasteiger partial charge in [-0.3, -0.25) is 0 Å². The molecule has 0 aliphatic heterocycles. The molecule has 0 unspecified atom stereocenters. The van der Waals surface area contributed by atoms with Crippen molar-refractivity contribution in [2.45, 2.75) is 32.6 Å². The van der Waals surface area contributed by atoms with E-state index in [2.05, 4.69) is 16.9 Å². The minimum absolute atomic E-state index is 0.234. The van der Waals surface area contributed by atoms with Gasteiger partial charge >= 0.3 is 0 Å². The number of aromatic nitrogens is 2. The molecule has 134 valence electrons. The summed E-state index contributed by atoms with van der Waals surface area (Å²) < 4.78 is 5.78. The van der Waals surface area contributed by atoms with Gasteiger partial charge < -0.3 is 9.84 Å². The van der Waals surface area contributed by atoms with E-state index in [1.54, 1.807) is 24.3 Å². The summed E-state index contributed by atoms with van der Waals surface area (Å²) in [5.41, 5.74) is 2.89. The third kappa shape index (κ3) is 4.82. The topological polar surface area (TPSA) is 55.2 Å². The Morgan fingerprint density at radius 1 is 0.769 bits per heavy atom. The number of hydrogen-bond acceptors (Lipinski definition) is 4. The summed E-state index contributed by atoms with van der Waals surface area (Å²) in [4.78, 5) is 8.86. The molecule has 1 heterocycles. The first-order valence-electron chi connectivity index (χ1n) is 9.11. The molecule has 1 N–H and O–H groups in total. The Balaban J connectivity index is 1.61. The second kappa shape index (κ2) is 8.99. The van der Waals surface area contributed by atoms with Gasteiger partial charge in [-0.05, 0) is 48.4 Å². The Labute approximate surface area is 154 Å². The minimum atomic E-state index is 0.234. The van der Waals surface area contributed by atoms with Crippen LogP contribution in [0.1, 0.15) is 32.6 Å². The minimum Gasteiger partial charge on any atom is -0.508 e. The Morgan fingerprint density at radius 2 is 1.42 bits per heavy atom. The van der Waals surface area contributed by atoms with Gasteiger partial charge in [0.15, 0.2) is 5.82 Å². The Morgan fingerprint density at radius 3 is 2.08 bits per heavy atom. The monoisotopic (exact) mass is 348 g/mol. The molecule has 2 aromatic carbocycles. The summed E-state index contributed by atoms with van der Waals surface area (Å²) in [6.45, 7) is 2.98. The zero-order valence-electron chi connectivity index (χ0n) is 15.1. The number of ether oxygens (including phenoxy) is 1. The molecular weight excluding hydrogens is 324 g/mol. The van der Waals surface area contributed by atoms with Crippen molar-refractivity contribution < 1.29 is 9.84 Å². The van der Waals surface area contributed by atoms with E-state index in [9.17, 15) is 5.11 Å². The molecule has 0 aliphatic carbocycles.